The summed E-state index contributed by atoms with van der Waals surface area (Å²) in [5.74, 6) is 0.222. The lowest BCUT2D eigenvalue weighted by Crippen LogP contribution is -2.35. The maximum atomic E-state index is 12.8. The highest BCUT2D eigenvalue weighted by Gasteiger charge is 2.25. The van der Waals surface area contributed by atoms with Gasteiger partial charge in [-0.2, -0.15) is 4.31 Å². The molecular formula is C24H27N5O3S. The minimum absolute atomic E-state index is 0.242. The summed E-state index contributed by atoms with van der Waals surface area (Å²) in [5, 5.41) is 5.94. The van der Waals surface area contributed by atoms with Crippen LogP contribution in [0.3, 0.4) is 0 Å². The van der Waals surface area contributed by atoms with E-state index in [1.807, 2.05) is 19.9 Å². The zero-order chi connectivity index (χ0) is 23.4. The van der Waals surface area contributed by atoms with E-state index in [2.05, 4.69) is 20.6 Å². The van der Waals surface area contributed by atoms with E-state index in [-0.39, 0.29) is 10.8 Å². The molecule has 4 rings (SSSR count). The minimum Gasteiger partial charge on any atom is -0.324 e. The molecule has 0 spiro atoms. The number of anilines is 3. The zero-order valence-corrected chi connectivity index (χ0v) is 19.5. The molecule has 1 amide bonds. The molecule has 0 bridgehead atoms. The highest BCUT2D eigenvalue weighted by molar-refractivity contribution is 7.89. The summed E-state index contributed by atoms with van der Waals surface area (Å²) < 4.78 is 27.1. The second-order valence-corrected chi connectivity index (χ2v) is 10.1. The van der Waals surface area contributed by atoms with Crippen LogP contribution in [-0.2, 0) is 10.0 Å². The van der Waals surface area contributed by atoms with E-state index in [1.165, 1.54) is 16.4 Å². The maximum Gasteiger partial charge on any atom is 0.255 e. The molecule has 1 saturated heterocycles. The molecule has 1 fully saturated rings. The van der Waals surface area contributed by atoms with Crippen LogP contribution in [-0.4, -0.2) is 41.7 Å². The van der Waals surface area contributed by atoms with Gasteiger partial charge in [0.05, 0.1) is 4.90 Å². The summed E-state index contributed by atoms with van der Waals surface area (Å²) in [7, 11) is -3.49. The monoisotopic (exact) mass is 465 g/mol. The Morgan fingerprint density at radius 2 is 1.42 bits per heavy atom. The lowest BCUT2D eigenvalue weighted by atomic mass is 10.2. The number of amides is 1. The van der Waals surface area contributed by atoms with Gasteiger partial charge in [-0.15, -0.1) is 0 Å². The molecular weight excluding hydrogens is 438 g/mol. The van der Waals surface area contributed by atoms with E-state index < -0.39 is 10.0 Å². The molecule has 1 aliphatic rings. The number of piperidine rings is 1. The molecule has 1 aliphatic heterocycles. The summed E-state index contributed by atoms with van der Waals surface area (Å²) in [6.45, 7) is 4.93. The van der Waals surface area contributed by atoms with Gasteiger partial charge in [0.15, 0.2) is 0 Å². The van der Waals surface area contributed by atoms with Gasteiger partial charge in [-0.05, 0) is 81.3 Å². The van der Waals surface area contributed by atoms with Gasteiger partial charge in [0.25, 0.3) is 5.91 Å². The Labute approximate surface area is 194 Å². The van der Waals surface area contributed by atoms with E-state index in [0.717, 1.165) is 36.3 Å². The van der Waals surface area contributed by atoms with Crippen molar-refractivity contribution < 1.29 is 13.2 Å². The Bertz CT molecular complexity index is 1220. The van der Waals surface area contributed by atoms with E-state index in [4.69, 9.17) is 0 Å². The lowest BCUT2D eigenvalue weighted by molar-refractivity contribution is 0.102. The lowest BCUT2D eigenvalue weighted by Gasteiger charge is -2.25. The molecule has 0 radical (unpaired) electrons. The second-order valence-electron chi connectivity index (χ2n) is 8.12. The molecule has 172 valence electrons. The maximum absolute atomic E-state index is 12.8. The van der Waals surface area contributed by atoms with Gasteiger partial charge in [0.2, 0.25) is 16.0 Å². The molecule has 0 unspecified atom stereocenters. The Kier molecular flexibility index (Phi) is 6.71. The molecule has 0 saturated carbocycles. The fourth-order valence-corrected chi connectivity index (χ4v) is 5.30. The fraction of sp³-hybridized carbons (Fsp3) is 0.292. The van der Waals surface area contributed by atoms with Crippen molar-refractivity contribution >= 4 is 33.3 Å². The highest BCUT2D eigenvalue weighted by atomic mass is 32.2. The van der Waals surface area contributed by atoms with Gasteiger partial charge < -0.3 is 10.6 Å². The van der Waals surface area contributed by atoms with Crippen LogP contribution in [0.1, 0.15) is 41.0 Å². The third-order valence-electron chi connectivity index (χ3n) is 5.45. The van der Waals surface area contributed by atoms with Crippen molar-refractivity contribution in [3.05, 3.63) is 71.5 Å². The molecule has 9 heteroatoms. The second kappa shape index (κ2) is 9.68. The molecule has 2 heterocycles. The van der Waals surface area contributed by atoms with Crippen molar-refractivity contribution in [3.8, 4) is 0 Å². The number of aryl methyl sites for hydroxylation is 2. The fourth-order valence-electron chi connectivity index (χ4n) is 3.78. The van der Waals surface area contributed by atoms with E-state index in [1.54, 1.807) is 36.4 Å². The SMILES string of the molecule is Cc1cc(C)nc(Nc2ccc(C(=O)Nc3ccc(S(=O)(=O)N4CCCCC4)cc3)cc2)n1. The van der Waals surface area contributed by atoms with Crippen LogP contribution >= 0.6 is 0 Å². The normalized spacial score (nSPS) is 14.6. The zero-order valence-electron chi connectivity index (χ0n) is 18.7. The number of rotatable bonds is 6. The molecule has 33 heavy (non-hydrogen) atoms. The van der Waals surface area contributed by atoms with E-state index in [9.17, 15) is 13.2 Å². The van der Waals surface area contributed by atoms with Gasteiger partial charge in [0.1, 0.15) is 0 Å². The average molecular weight is 466 g/mol. The summed E-state index contributed by atoms with van der Waals surface area (Å²) in [5.41, 5.74) is 3.52. The topological polar surface area (TPSA) is 104 Å². The van der Waals surface area contributed by atoms with Gasteiger partial charge in [-0.1, -0.05) is 6.42 Å². The smallest absolute Gasteiger partial charge is 0.255 e. The van der Waals surface area contributed by atoms with Crippen LogP contribution in [0.2, 0.25) is 0 Å². The number of aromatic nitrogens is 2. The number of carbonyl (C=O) groups is 1. The third-order valence-corrected chi connectivity index (χ3v) is 7.36. The van der Waals surface area contributed by atoms with Crippen molar-refractivity contribution in [1.29, 1.82) is 0 Å². The van der Waals surface area contributed by atoms with E-state index >= 15 is 0 Å². The minimum atomic E-state index is -3.49. The van der Waals surface area contributed by atoms with Crippen molar-refractivity contribution in [1.82, 2.24) is 14.3 Å². The summed E-state index contributed by atoms with van der Waals surface area (Å²) >= 11 is 0. The number of nitrogens with one attached hydrogen (secondary N) is 2. The van der Waals surface area contributed by atoms with Crippen LogP contribution in [0.15, 0.2) is 59.5 Å². The summed E-state index contributed by atoms with van der Waals surface area (Å²) in [6, 6.07) is 15.2. The van der Waals surface area contributed by atoms with Crippen LogP contribution in [0.25, 0.3) is 0 Å². The van der Waals surface area contributed by atoms with Crippen LogP contribution < -0.4 is 10.6 Å². The van der Waals surface area contributed by atoms with Crippen LogP contribution in [0.4, 0.5) is 17.3 Å². The molecule has 2 aromatic carbocycles. The average Bonchev–Trinajstić information content (AvgIpc) is 2.80. The Morgan fingerprint density at radius 3 is 2.03 bits per heavy atom. The standard InChI is InChI=1S/C24H27N5O3S/c1-17-16-18(2)26-24(25-17)28-21-8-6-19(7-9-21)23(30)27-20-10-12-22(13-11-20)33(31,32)29-14-4-3-5-15-29/h6-13,16H,3-5,14-15H2,1-2H3,(H,27,30)(H,25,26,28). The third kappa shape index (κ3) is 5.55. The number of hydrogen-bond donors (Lipinski definition) is 2. The molecule has 2 N–H and O–H groups in total. The highest BCUT2D eigenvalue weighted by Crippen LogP contribution is 2.22. The van der Waals surface area contributed by atoms with Crippen molar-refractivity contribution in [2.75, 3.05) is 23.7 Å². The Morgan fingerprint density at radius 1 is 0.848 bits per heavy atom. The van der Waals surface area contributed by atoms with Crippen molar-refractivity contribution in [2.45, 2.75) is 38.0 Å². The van der Waals surface area contributed by atoms with Gasteiger partial charge in [-0.25, -0.2) is 18.4 Å². The first-order valence-electron chi connectivity index (χ1n) is 10.9. The van der Waals surface area contributed by atoms with Gasteiger partial charge >= 0.3 is 0 Å². The predicted octanol–water partition coefficient (Wildman–Crippen LogP) is 4.26. The summed E-state index contributed by atoms with van der Waals surface area (Å²) in [4.78, 5) is 21.6. The molecule has 0 aliphatic carbocycles. The Hall–Kier alpha value is -3.30. The molecule has 3 aromatic rings. The van der Waals surface area contributed by atoms with E-state index in [0.29, 0.717) is 30.3 Å². The quantitative estimate of drug-likeness (QED) is 0.564. The molecule has 0 atom stereocenters. The number of hydrogen-bond acceptors (Lipinski definition) is 6. The van der Waals surface area contributed by atoms with Crippen LogP contribution in [0, 0.1) is 13.8 Å². The number of sulfonamides is 1. The largest absolute Gasteiger partial charge is 0.324 e. The van der Waals surface area contributed by atoms with Crippen molar-refractivity contribution in [3.63, 3.8) is 0 Å². The Balaban J connectivity index is 1.39. The predicted molar refractivity (Wildman–Crippen MR) is 128 cm³/mol. The molecule has 1 aromatic heterocycles. The van der Waals surface area contributed by atoms with Gasteiger partial charge in [0, 0.05) is 41.4 Å². The summed E-state index contributed by atoms with van der Waals surface area (Å²) in [6.07, 6.45) is 2.84. The van der Waals surface area contributed by atoms with Gasteiger partial charge in [-0.3, -0.25) is 4.79 Å². The molecule has 8 nitrogen and oxygen atoms in total. The first-order chi connectivity index (χ1) is 15.8. The number of nitrogens with zero attached hydrogens (tertiary/aromatic N) is 3. The first-order valence-corrected chi connectivity index (χ1v) is 12.4. The number of carbonyl (C=O) groups excluding carboxylic acids is 1. The van der Waals surface area contributed by atoms with Crippen LogP contribution in [0.5, 0.6) is 0 Å². The number of benzene rings is 2. The first kappa shape index (κ1) is 22.9. The van der Waals surface area contributed by atoms with Crippen molar-refractivity contribution in [2.24, 2.45) is 0 Å².